The van der Waals surface area contributed by atoms with Gasteiger partial charge in [0.2, 0.25) is 0 Å². The normalized spacial score (nSPS) is 11.1. The van der Waals surface area contributed by atoms with Crippen LogP contribution in [-0.2, 0) is 6.42 Å². The molecule has 0 aliphatic carbocycles. The van der Waals surface area contributed by atoms with Crippen LogP contribution in [0.2, 0.25) is 0 Å². The van der Waals surface area contributed by atoms with Gasteiger partial charge < -0.3 is 5.32 Å². The smallest absolute Gasteiger partial charge is 0.147 e. The molecule has 0 saturated carbocycles. The molecule has 3 rings (SSSR count). The number of nitrogens with zero attached hydrogens (tertiary/aromatic N) is 4. The van der Waals surface area contributed by atoms with Crippen molar-refractivity contribution in [2.75, 3.05) is 13.1 Å². The van der Waals surface area contributed by atoms with Gasteiger partial charge >= 0.3 is 0 Å². The fourth-order valence-corrected chi connectivity index (χ4v) is 2.99. The van der Waals surface area contributed by atoms with Crippen LogP contribution in [0, 0.1) is 0 Å². The Bertz CT molecular complexity index is 725. The number of aryl methyl sites for hydroxylation is 1. The lowest BCUT2D eigenvalue weighted by molar-refractivity contribution is 0.669. The minimum Gasteiger partial charge on any atom is -0.317 e. The lowest BCUT2D eigenvalue weighted by atomic mass is 10.2. The highest BCUT2D eigenvalue weighted by Gasteiger charge is 2.08. The molecule has 21 heavy (non-hydrogen) atoms. The summed E-state index contributed by atoms with van der Waals surface area (Å²) in [5.41, 5.74) is 2.84. The maximum absolute atomic E-state index is 4.33. The first-order valence-corrected chi connectivity index (χ1v) is 7.92. The van der Waals surface area contributed by atoms with Crippen molar-refractivity contribution >= 4 is 22.4 Å². The van der Waals surface area contributed by atoms with Crippen LogP contribution in [0.25, 0.3) is 21.6 Å². The third-order valence-electron chi connectivity index (χ3n) is 3.18. The number of fused-ring (bicyclic) bond motifs is 1. The van der Waals surface area contributed by atoms with Crippen molar-refractivity contribution < 1.29 is 0 Å². The maximum atomic E-state index is 4.33. The molecule has 2 aromatic heterocycles. The fourth-order valence-electron chi connectivity index (χ4n) is 2.11. The monoisotopic (exact) mass is 299 g/mol. The van der Waals surface area contributed by atoms with Crippen LogP contribution in [0.15, 0.2) is 30.6 Å². The van der Waals surface area contributed by atoms with Crippen molar-refractivity contribution in [1.29, 1.82) is 0 Å². The molecule has 0 aliphatic heterocycles. The maximum Gasteiger partial charge on any atom is 0.147 e. The van der Waals surface area contributed by atoms with Crippen LogP contribution >= 0.6 is 11.3 Å². The van der Waals surface area contributed by atoms with Gasteiger partial charge in [0.1, 0.15) is 10.0 Å². The molecule has 1 aromatic carbocycles. The number of aromatic nitrogens is 4. The number of nitrogens with one attached hydrogen (secondary N) is 1. The molecule has 0 aliphatic rings. The van der Waals surface area contributed by atoms with Crippen LogP contribution in [0.1, 0.15) is 18.4 Å². The van der Waals surface area contributed by atoms with Crippen molar-refractivity contribution in [1.82, 2.24) is 25.5 Å². The van der Waals surface area contributed by atoms with Gasteiger partial charge in [-0.1, -0.05) is 18.3 Å². The molecular weight excluding hydrogens is 282 g/mol. The fraction of sp³-hybridized carbons (Fsp3) is 0.333. The van der Waals surface area contributed by atoms with Gasteiger partial charge in [-0.15, -0.1) is 10.2 Å². The van der Waals surface area contributed by atoms with Crippen LogP contribution in [0.4, 0.5) is 0 Å². The zero-order valence-electron chi connectivity index (χ0n) is 11.9. The molecule has 6 heteroatoms. The first-order valence-electron chi connectivity index (χ1n) is 7.11. The quantitative estimate of drug-likeness (QED) is 0.709. The van der Waals surface area contributed by atoms with Crippen LogP contribution in [-0.4, -0.2) is 33.3 Å². The molecule has 0 bridgehead atoms. The highest BCUT2D eigenvalue weighted by molar-refractivity contribution is 7.14. The number of rotatable bonds is 6. The standard InChI is InChI=1S/C15H17N5S/c1-2-16-7-3-4-14-19-20-15(21-14)11-5-6-12-13(10-11)18-9-8-17-12/h5-6,8-10,16H,2-4,7H2,1H3. The van der Waals surface area contributed by atoms with E-state index in [0.29, 0.717) is 0 Å². The van der Waals surface area contributed by atoms with Crippen molar-refractivity contribution in [2.45, 2.75) is 19.8 Å². The lowest BCUT2D eigenvalue weighted by Gasteiger charge is -1.99. The number of hydrogen-bond acceptors (Lipinski definition) is 6. The van der Waals surface area contributed by atoms with Crippen molar-refractivity contribution in [3.8, 4) is 10.6 Å². The van der Waals surface area contributed by atoms with Gasteiger partial charge in [-0.25, -0.2) is 0 Å². The minimum atomic E-state index is 0.888. The van der Waals surface area contributed by atoms with Crippen LogP contribution in [0.3, 0.4) is 0 Å². The summed E-state index contributed by atoms with van der Waals surface area (Å²) in [7, 11) is 0. The molecule has 5 nitrogen and oxygen atoms in total. The third-order valence-corrected chi connectivity index (χ3v) is 4.21. The first-order chi connectivity index (χ1) is 10.4. The second-order valence-electron chi connectivity index (χ2n) is 4.72. The van der Waals surface area contributed by atoms with Gasteiger partial charge in [-0.3, -0.25) is 9.97 Å². The summed E-state index contributed by atoms with van der Waals surface area (Å²) in [5, 5.41) is 13.9. The van der Waals surface area contributed by atoms with Crippen LogP contribution in [0.5, 0.6) is 0 Å². The summed E-state index contributed by atoms with van der Waals surface area (Å²) in [4.78, 5) is 8.61. The topological polar surface area (TPSA) is 63.6 Å². The van der Waals surface area contributed by atoms with Gasteiger partial charge in [0, 0.05) is 24.4 Å². The Morgan fingerprint density at radius 1 is 1.10 bits per heavy atom. The molecule has 2 heterocycles. The van der Waals surface area contributed by atoms with Crippen LogP contribution < -0.4 is 5.32 Å². The van der Waals surface area contributed by atoms with E-state index >= 15 is 0 Å². The summed E-state index contributed by atoms with van der Waals surface area (Å²) in [5.74, 6) is 0. The average molecular weight is 299 g/mol. The zero-order chi connectivity index (χ0) is 14.5. The Hall–Kier alpha value is -1.92. The summed E-state index contributed by atoms with van der Waals surface area (Å²) < 4.78 is 0. The van der Waals surface area contributed by atoms with Crippen molar-refractivity contribution in [3.05, 3.63) is 35.6 Å². The Morgan fingerprint density at radius 2 is 1.95 bits per heavy atom. The van der Waals surface area contributed by atoms with E-state index in [2.05, 4.69) is 32.4 Å². The van der Waals surface area contributed by atoms with Crippen molar-refractivity contribution in [3.63, 3.8) is 0 Å². The number of benzene rings is 1. The largest absolute Gasteiger partial charge is 0.317 e. The van der Waals surface area contributed by atoms with E-state index in [1.54, 1.807) is 23.7 Å². The molecule has 1 N–H and O–H groups in total. The SMILES string of the molecule is CCNCCCc1nnc(-c2ccc3nccnc3c2)s1. The Balaban J connectivity index is 1.75. The minimum absolute atomic E-state index is 0.888. The van der Waals surface area contributed by atoms with Gasteiger partial charge in [0.05, 0.1) is 11.0 Å². The summed E-state index contributed by atoms with van der Waals surface area (Å²) in [6, 6.07) is 6.02. The van der Waals surface area contributed by atoms with Gasteiger partial charge in [0.15, 0.2) is 0 Å². The Morgan fingerprint density at radius 3 is 2.81 bits per heavy atom. The molecule has 0 unspecified atom stereocenters. The van der Waals surface area contributed by atoms with E-state index in [9.17, 15) is 0 Å². The molecule has 0 fully saturated rings. The van der Waals surface area contributed by atoms with Crippen molar-refractivity contribution in [2.24, 2.45) is 0 Å². The summed E-state index contributed by atoms with van der Waals surface area (Å²) >= 11 is 1.65. The highest BCUT2D eigenvalue weighted by atomic mass is 32.1. The Labute approximate surface area is 127 Å². The molecule has 3 aromatic rings. The second-order valence-corrected chi connectivity index (χ2v) is 5.78. The third kappa shape index (κ3) is 3.40. The van der Waals surface area contributed by atoms with Gasteiger partial charge in [-0.2, -0.15) is 0 Å². The predicted molar refractivity (Wildman–Crippen MR) is 85.3 cm³/mol. The first kappa shape index (κ1) is 14.0. The van der Waals surface area contributed by atoms with E-state index in [0.717, 1.165) is 52.5 Å². The van der Waals surface area contributed by atoms with E-state index in [-0.39, 0.29) is 0 Å². The lowest BCUT2D eigenvalue weighted by Crippen LogP contribution is -2.14. The van der Waals surface area contributed by atoms with E-state index in [1.807, 2.05) is 18.2 Å². The Kier molecular flexibility index (Phi) is 4.47. The highest BCUT2D eigenvalue weighted by Crippen LogP contribution is 2.26. The average Bonchev–Trinajstić information content (AvgIpc) is 3.00. The van der Waals surface area contributed by atoms with E-state index in [1.165, 1.54) is 0 Å². The molecular formula is C15H17N5S. The molecule has 0 radical (unpaired) electrons. The second kappa shape index (κ2) is 6.69. The summed E-state index contributed by atoms with van der Waals surface area (Å²) in [6.45, 7) is 4.15. The van der Waals surface area contributed by atoms with E-state index in [4.69, 9.17) is 0 Å². The molecule has 0 saturated heterocycles. The van der Waals surface area contributed by atoms with E-state index < -0.39 is 0 Å². The van der Waals surface area contributed by atoms with Gasteiger partial charge in [-0.05, 0) is 37.7 Å². The molecule has 0 spiro atoms. The molecule has 0 atom stereocenters. The number of hydrogen-bond donors (Lipinski definition) is 1. The molecule has 0 amide bonds. The zero-order valence-corrected chi connectivity index (χ0v) is 12.7. The molecule has 108 valence electrons. The summed E-state index contributed by atoms with van der Waals surface area (Å²) in [6.07, 6.45) is 5.47. The van der Waals surface area contributed by atoms with Gasteiger partial charge in [0.25, 0.3) is 0 Å². The predicted octanol–water partition coefficient (Wildman–Crippen LogP) is 2.69.